The summed E-state index contributed by atoms with van der Waals surface area (Å²) in [4.78, 5) is 25.3. The number of para-hydroxylation sites is 3. The fraction of sp³-hybridized carbons (Fsp3) is 0.143. The molecular formula is C21H21N7O3. The van der Waals surface area contributed by atoms with Crippen LogP contribution in [-0.4, -0.2) is 46.1 Å². The quantitative estimate of drug-likeness (QED) is 0.284. The zero-order chi connectivity index (χ0) is 21.8. The summed E-state index contributed by atoms with van der Waals surface area (Å²) in [7, 11) is 1.67. The first kappa shape index (κ1) is 20.1. The highest BCUT2D eigenvalue weighted by Gasteiger charge is 2.19. The van der Waals surface area contributed by atoms with Crippen molar-refractivity contribution >= 4 is 34.5 Å². The molecule has 10 nitrogen and oxygen atoms in total. The zero-order valence-electron chi connectivity index (χ0n) is 16.7. The highest BCUT2D eigenvalue weighted by molar-refractivity contribution is 5.99. The standard InChI is InChI=1S/C21H21N7O3/c1-23-21-25-11-13(19(30)24-10-9-22)18(28-21)26-15-7-4-5-12(17(15)29)20-27-14-6-2-3-8-16(14)31-20/h2-8,11,29H,9-10,22H2,1H3,(H,24,30)(H2,23,25,26,28). The van der Waals surface area contributed by atoms with Gasteiger partial charge in [-0.1, -0.05) is 18.2 Å². The van der Waals surface area contributed by atoms with Gasteiger partial charge in [0.2, 0.25) is 11.8 Å². The molecule has 0 aliphatic heterocycles. The molecule has 31 heavy (non-hydrogen) atoms. The number of nitrogens with two attached hydrogens (primary N) is 1. The minimum Gasteiger partial charge on any atom is -0.505 e. The van der Waals surface area contributed by atoms with Gasteiger partial charge in [-0.05, 0) is 24.3 Å². The van der Waals surface area contributed by atoms with E-state index in [0.717, 1.165) is 0 Å². The highest BCUT2D eigenvalue weighted by atomic mass is 16.3. The van der Waals surface area contributed by atoms with Gasteiger partial charge in [0.1, 0.15) is 16.9 Å². The molecule has 0 saturated carbocycles. The fourth-order valence-electron chi connectivity index (χ4n) is 2.98. The average molecular weight is 419 g/mol. The van der Waals surface area contributed by atoms with Crippen molar-refractivity contribution in [2.75, 3.05) is 30.8 Å². The SMILES string of the molecule is CNc1ncc(C(=O)NCCN)c(Nc2cccc(-c3nc4ccccc4o3)c2O)n1. The number of hydrogen-bond donors (Lipinski definition) is 5. The summed E-state index contributed by atoms with van der Waals surface area (Å²) in [6.07, 6.45) is 1.40. The Labute approximate surface area is 177 Å². The smallest absolute Gasteiger partial charge is 0.256 e. The predicted molar refractivity (Wildman–Crippen MR) is 117 cm³/mol. The van der Waals surface area contributed by atoms with E-state index < -0.39 is 0 Å². The number of rotatable bonds is 7. The van der Waals surface area contributed by atoms with Crippen LogP contribution in [0.4, 0.5) is 17.5 Å². The summed E-state index contributed by atoms with van der Waals surface area (Å²) in [6, 6.07) is 12.4. The molecule has 2 aromatic heterocycles. The van der Waals surface area contributed by atoms with Crippen molar-refractivity contribution in [3.8, 4) is 17.2 Å². The van der Waals surface area contributed by atoms with Gasteiger partial charge in [0, 0.05) is 26.3 Å². The van der Waals surface area contributed by atoms with Crippen molar-refractivity contribution in [2.24, 2.45) is 5.73 Å². The Morgan fingerprint density at radius 2 is 2.00 bits per heavy atom. The van der Waals surface area contributed by atoms with Gasteiger partial charge < -0.3 is 31.2 Å². The molecule has 0 unspecified atom stereocenters. The Balaban J connectivity index is 1.71. The van der Waals surface area contributed by atoms with Gasteiger partial charge in [0.05, 0.1) is 11.3 Å². The van der Waals surface area contributed by atoms with Crippen LogP contribution < -0.4 is 21.7 Å². The summed E-state index contributed by atoms with van der Waals surface area (Å²) in [6.45, 7) is 0.613. The summed E-state index contributed by atoms with van der Waals surface area (Å²) in [5.74, 6) is 0.338. The molecule has 2 heterocycles. The monoisotopic (exact) mass is 419 g/mol. The maximum Gasteiger partial charge on any atom is 0.256 e. The third kappa shape index (κ3) is 4.09. The van der Waals surface area contributed by atoms with E-state index in [1.54, 1.807) is 31.3 Å². The number of carbonyl (C=O) groups is 1. The van der Waals surface area contributed by atoms with E-state index in [1.807, 2.05) is 18.2 Å². The molecule has 0 bridgehead atoms. The Morgan fingerprint density at radius 3 is 2.77 bits per heavy atom. The first-order valence-corrected chi connectivity index (χ1v) is 9.58. The lowest BCUT2D eigenvalue weighted by Gasteiger charge is -2.14. The number of aromatic hydroxyl groups is 1. The maximum absolute atomic E-state index is 12.5. The molecule has 0 spiro atoms. The largest absolute Gasteiger partial charge is 0.505 e. The number of fused-ring (bicyclic) bond motifs is 1. The van der Waals surface area contributed by atoms with Crippen LogP contribution in [0.5, 0.6) is 5.75 Å². The molecule has 6 N–H and O–H groups in total. The third-order valence-electron chi connectivity index (χ3n) is 4.50. The summed E-state index contributed by atoms with van der Waals surface area (Å²) in [5.41, 5.74) is 7.70. The van der Waals surface area contributed by atoms with Crippen LogP contribution in [0.2, 0.25) is 0 Å². The van der Waals surface area contributed by atoms with Crippen molar-refractivity contribution in [3.05, 3.63) is 54.2 Å². The summed E-state index contributed by atoms with van der Waals surface area (Å²) in [5, 5.41) is 19.4. The van der Waals surface area contributed by atoms with Crippen LogP contribution in [0.1, 0.15) is 10.4 Å². The maximum atomic E-state index is 12.5. The van der Waals surface area contributed by atoms with Crippen molar-refractivity contribution in [2.45, 2.75) is 0 Å². The van der Waals surface area contributed by atoms with Gasteiger partial charge in [-0.2, -0.15) is 4.98 Å². The van der Waals surface area contributed by atoms with E-state index >= 15 is 0 Å². The van der Waals surface area contributed by atoms with Crippen LogP contribution >= 0.6 is 0 Å². The van der Waals surface area contributed by atoms with E-state index in [4.69, 9.17) is 10.2 Å². The number of nitrogens with zero attached hydrogens (tertiary/aromatic N) is 3. The van der Waals surface area contributed by atoms with E-state index in [0.29, 0.717) is 41.4 Å². The second-order valence-electron chi connectivity index (χ2n) is 6.56. The Hall–Kier alpha value is -4.18. The predicted octanol–water partition coefficient (Wildman–Crippen LogP) is 2.46. The molecular weight excluding hydrogens is 398 g/mol. The summed E-state index contributed by atoms with van der Waals surface area (Å²) < 4.78 is 5.77. The number of anilines is 3. The van der Waals surface area contributed by atoms with E-state index in [-0.39, 0.29) is 28.9 Å². The van der Waals surface area contributed by atoms with Gasteiger partial charge in [-0.25, -0.2) is 9.97 Å². The molecule has 0 saturated heterocycles. The van der Waals surface area contributed by atoms with Crippen LogP contribution in [0.25, 0.3) is 22.6 Å². The molecule has 158 valence electrons. The minimum absolute atomic E-state index is 0.0907. The first-order chi connectivity index (χ1) is 15.1. The second kappa shape index (κ2) is 8.67. The topological polar surface area (TPSA) is 151 Å². The van der Waals surface area contributed by atoms with Gasteiger partial charge in [0.15, 0.2) is 11.3 Å². The number of nitrogens with one attached hydrogen (secondary N) is 3. The Morgan fingerprint density at radius 1 is 1.16 bits per heavy atom. The number of phenolic OH excluding ortho intramolecular Hbond substituents is 1. The number of oxazole rings is 1. The number of hydrogen-bond acceptors (Lipinski definition) is 9. The molecule has 1 amide bonds. The molecule has 2 aromatic carbocycles. The minimum atomic E-state index is -0.384. The van der Waals surface area contributed by atoms with Crippen molar-refractivity contribution in [1.29, 1.82) is 0 Å². The van der Waals surface area contributed by atoms with Crippen LogP contribution in [0, 0.1) is 0 Å². The highest BCUT2D eigenvalue weighted by Crippen LogP contribution is 2.37. The number of benzene rings is 2. The van der Waals surface area contributed by atoms with Gasteiger partial charge in [0.25, 0.3) is 5.91 Å². The molecule has 0 atom stereocenters. The van der Waals surface area contributed by atoms with Crippen molar-refractivity contribution in [1.82, 2.24) is 20.3 Å². The lowest BCUT2D eigenvalue weighted by atomic mass is 10.1. The van der Waals surface area contributed by atoms with Crippen LogP contribution in [-0.2, 0) is 0 Å². The first-order valence-electron chi connectivity index (χ1n) is 9.58. The molecule has 4 aromatic rings. The van der Waals surface area contributed by atoms with E-state index in [1.165, 1.54) is 6.20 Å². The number of aromatic nitrogens is 3. The lowest BCUT2D eigenvalue weighted by Crippen LogP contribution is -2.29. The summed E-state index contributed by atoms with van der Waals surface area (Å²) >= 11 is 0. The molecule has 10 heteroatoms. The number of amides is 1. The second-order valence-corrected chi connectivity index (χ2v) is 6.56. The number of carbonyl (C=O) groups excluding carboxylic acids is 1. The van der Waals surface area contributed by atoms with Gasteiger partial charge in [-0.15, -0.1) is 0 Å². The lowest BCUT2D eigenvalue weighted by molar-refractivity contribution is 0.0955. The van der Waals surface area contributed by atoms with Crippen LogP contribution in [0.15, 0.2) is 53.1 Å². The van der Waals surface area contributed by atoms with E-state index in [9.17, 15) is 9.90 Å². The normalized spacial score (nSPS) is 10.8. The average Bonchev–Trinajstić information content (AvgIpc) is 3.22. The fourth-order valence-corrected chi connectivity index (χ4v) is 2.98. The van der Waals surface area contributed by atoms with Crippen molar-refractivity contribution < 1.29 is 14.3 Å². The van der Waals surface area contributed by atoms with Crippen LogP contribution in [0.3, 0.4) is 0 Å². The third-order valence-corrected chi connectivity index (χ3v) is 4.50. The van der Waals surface area contributed by atoms with Crippen molar-refractivity contribution in [3.63, 3.8) is 0 Å². The molecule has 0 fully saturated rings. The van der Waals surface area contributed by atoms with Gasteiger partial charge in [-0.3, -0.25) is 4.79 Å². The zero-order valence-corrected chi connectivity index (χ0v) is 16.7. The Kier molecular flexibility index (Phi) is 5.63. The number of phenols is 1. The molecule has 0 aliphatic carbocycles. The molecule has 4 rings (SSSR count). The molecule has 0 radical (unpaired) electrons. The molecule has 0 aliphatic rings. The van der Waals surface area contributed by atoms with E-state index in [2.05, 4.69) is 30.9 Å². The Bertz CT molecular complexity index is 1210. The van der Waals surface area contributed by atoms with Gasteiger partial charge >= 0.3 is 0 Å².